The van der Waals surface area contributed by atoms with Gasteiger partial charge in [0, 0.05) is 18.8 Å². The van der Waals surface area contributed by atoms with Gasteiger partial charge in [-0.25, -0.2) is 0 Å². The first kappa shape index (κ1) is 15.9. The van der Waals surface area contributed by atoms with Gasteiger partial charge in [0.2, 0.25) is 11.8 Å². The van der Waals surface area contributed by atoms with E-state index in [1.165, 1.54) is 0 Å². The molecular formula is C15H24N2O4. The fourth-order valence-corrected chi connectivity index (χ4v) is 3.79. The van der Waals surface area contributed by atoms with Crippen LogP contribution in [0.1, 0.15) is 46.0 Å². The fourth-order valence-electron chi connectivity index (χ4n) is 3.79. The van der Waals surface area contributed by atoms with E-state index >= 15 is 0 Å². The summed E-state index contributed by atoms with van der Waals surface area (Å²) in [6, 6.07) is 0. The molecule has 2 amide bonds. The minimum atomic E-state index is -0.676. The van der Waals surface area contributed by atoms with Crippen molar-refractivity contribution in [3.05, 3.63) is 0 Å². The number of hydrogen-bond donors (Lipinski definition) is 3. The van der Waals surface area contributed by atoms with E-state index in [1.807, 2.05) is 6.92 Å². The van der Waals surface area contributed by atoms with Crippen molar-refractivity contribution in [2.24, 2.45) is 28.8 Å². The predicted molar refractivity (Wildman–Crippen MR) is 76.8 cm³/mol. The van der Waals surface area contributed by atoms with Crippen LogP contribution in [0.25, 0.3) is 0 Å². The molecule has 0 bridgehead atoms. The van der Waals surface area contributed by atoms with Crippen LogP contribution in [0.5, 0.6) is 0 Å². The van der Waals surface area contributed by atoms with E-state index in [-0.39, 0.29) is 42.4 Å². The molecule has 1 aliphatic heterocycles. The summed E-state index contributed by atoms with van der Waals surface area (Å²) in [6.45, 7) is 4.13. The molecule has 2 aliphatic rings. The zero-order chi connectivity index (χ0) is 15.6. The predicted octanol–water partition coefficient (Wildman–Crippen LogP) is 1.30. The fraction of sp³-hybridized carbons (Fsp3) is 0.800. The third kappa shape index (κ3) is 3.81. The summed E-state index contributed by atoms with van der Waals surface area (Å²) in [4.78, 5) is 22.8. The monoisotopic (exact) mass is 296 g/mol. The summed E-state index contributed by atoms with van der Waals surface area (Å²) in [5, 5.41) is 25.4. The molecule has 0 aromatic rings. The summed E-state index contributed by atoms with van der Waals surface area (Å²) in [6.07, 6.45) is 1.98. The van der Waals surface area contributed by atoms with Crippen molar-refractivity contribution in [2.45, 2.75) is 52.1 Å². The smallest absolute Gasteiger partial charge is 0.226 e. The highest BCUT2D eigenvalue weighted by Gasteiger charge is 2.37. The van der Waals surface area contributed by atoms with Crippen LogP contribution in [0.3, 0.4) is 0 Å². The number of rotatable bonds is 3. The quantitative estimate of drug-likeness (QED) is 0.415. The zero-order valence-corrected chi connectivity index (χ0v) is 12.6. The lowest BCUT2D eigenvalue weighted by Crippen LogP contribution is -2.42. The molecule has 0 radical (unpaired) electrons. The van der Waals surface area contributed by atoms with Crippen molar-refractivity contribution in [1.29, 1.82) is 0 Å². The Morgan fingerprint density at radius 2 is 1.86 bits per heavy atom. The number of carbonyl (C=O) groups is 2. The van der Waals surface area contributed by atoms with E-state index in [4.69, 9.17) is 0 Å². The highest BCUT2D eigenvalue weighted by atomic mass is 16.4. The van der Waals surface area contributed by atoms with Crippen molar-refractivity contribution < 1.29 is 19.9 Å². The van der Waals surface area contributed by atoms with Crippen LogP contribution < -0.4 is 5.32 Å². The molecule has 0 aromatic heterocycles. The lowest BCUT2D eigenvalue weighted by molar-refractivity contribution is -0.135. The molecule has 21 heavy (non-hydrogen) atoms. The topological polar surface area (TPSA) is 99.0 Å². The molecule has 1 aliphatic carbocycles. The van der Waals surface area contributed by atoms with Crippen molar-refractivity contribution >= 4 is 17.5 Å². The first-order valence-electron chi connectivity index (χ1n) is 7.63. The molecule has 4 unspecified atom stereocenters. The highest BCUT2D eigenvalue weighted by Crippen LogP contribution is 2.35. The van der Waals surface area contributed by atoms with E-state index in [0.717, 1.165) is 12.8 Å². The minimum Gasteiger partial charge on any atom is -0.411 e. The number of hydrogen-bond acceptors (Lipinski definition) is 5. The molecular weight excluding hydrogens is 272 g/mol. The van der Waals surface area contributed by atoms with Crippen molar-refractivity contribution in [1.82, 2.24) is 5.32 Å². The Balaban J connectivity index is 2.02. The first-order valence-corrected chi connectivity index (χ1v) is 7.63. The van der Waals surface area contributed by atoms with Crippen LogP contribution in [0.4, 0.5) is 0 Å². The van der Waals surface area contributed by atoms with Crippen LogP contribution in [-0.4, -0.2) is 33.9 Å². The Morgan fingerprint density at radius 1 is 1.24 bits per heavy atom. The Labute approximate surface area is 124 Å². The number of aliphatic hydroxyl groups is 1. The van der Waals surface area contributed by atoms with Gasteiger partial charge in [0.15, 0.2) is 0 Å². The van der Waals surface area contributed by atoms with Gasteiger partial charge in [-0.1, -0.05) is 19.0 Å². The molecule has 3 N–H and O–H groups in total. The summed E-state index contributed by atoms with van der Waals surface area (Å²) >= 11 is 0. The average molecular weight is 296 g/mol. The molecule has 1 saturated heterocycles. The first-order chi connectivity index (χ1) is 9.90. The minimum absolute atomic E-state index is 0.131. The van der Waals surface area contributed by atoms with Gasteiger partial charge in [-0.2, -0.15) is 0 Å². The lowest BCUT2D eigenvalue weighted by Gasteiger charge is -2.36. The number of nitrogens with one attached hydrogen (secondary N) is 1. The maximum atomic E-state index is 11.4. The normalized spacial score (nSPS) is 34.8. The molecule has 6 nitrogen and oxygen atoms in total. The third-order valence-electron chi connectivity index (χ3n) is 4.68. The number of imide groups is 1. The van der Waals surface area contributed by atoms with E-state index in [9.17, 15) is 19.9 Å². The van der Waals surface area contributed by atoms with E-state index in [0.29, 0.717) is 18.1 Å². The van der Waals surface area contributed by atoms with Crippen LogP contribution >= 0.6 is 0 Å². The maximum Gasteiger partial charge on any atom is 0.226 e. The molecule has 2 fully saturated rings. The van der Waals surface area contributed by atoms with Gasteiger partial charge in [-0.3, -0.25) is 14.9 Å². The van der Waals surface area contributed by atoms with Crippen LogP contribution in [-0.2, 0) is 9.59 Å². The summed E-state index contributed by atoms with van der Waals surface area (Å²) in [5.74, 6) is -0.256. The third-order valence-corrected chi connectivity index (χ3v) is 4.68. The number of aliphatic hydroxyl groups excluding tert-OH is 1. The SMILES string of the molecule is CC1CC(C)C(=NO)C(C(O)CC2CC(=O)NC(=O)C2)C1. The van der Waals surface area contributed by atoms with Crippen LogP contribution in [0.15, 0.2) is 5.16 Å². The number of piperidine rings is 1. The van der Waals surface area contributed by atoms with Gasteiger partial charge in [0.05, 0.1) is 11.8 Å². The summed E-state index contributed by atoms with van der Waals surface area (Å²) in [5.41, 5.74) is 0.646. The number of nitrogens with zero attached hydrogens (tertiary/aromatic N) is 1. The molecule has 6 heteroatoms. The molecule has 2 rings (SSSR count). The number of amides is 2. The van der Waals surface area contributed by atoms with Gasteiger partial charge in [-0.05, 0) is 37.0 Å². The zero-order valence-electron chi connectivity index (χ0n) is 12.6. The molecule has 0 spiro atoms. The Hall–Kier alpha value is -1.43. The van der Waals surface area contributed by atoms with E-state index in [2.05, 4.69) is 17.4 Å². The van der Waals surface area contributed by atoms with Gasteiger partial charge in [-0.15, -0.1) is 0 Å². The van der Waals surface area contributed by atoms with Crippen LogP contribution in [0, 0.1) is 23.7 Å². The van der Waals surface area contributed by atoms with Gasteiger partial charge in [0.1, 0.15) is 0 Å². The summed E-state index contributed by atoms with van der Waals surface area (Å²) in [7, 11) is 0. The van der Waals surface area contributed by atoms with Gasteiger partial charge < -0.3 is 10.3 Å². The molecule has 118 valence electrons. The van der Waals surface area contributed by atoms with Gasteiger partial charge in [0.25, 0.3) is 0 Å². The maximum absolute atomic E-state index is 11.4. The highest BCUT2D eigenvalue weighted by molar-refractivity contribution is 5.97. The Kier molecular flexibility index (Phi) is 4.98. The van der Waals surface area contributed by atoms with Crippen molar-refractivity contribution in [3.63, 3.8) is 0 Å². The van der Waals surface area contributed by atoms with E-state index in [1.54, 1.807) is 0 Å². The Morgan fingerprint density at radius 3 is 2.43 bits per heavy atom. The Bertz CT molecular complexity index is 433. The van der Waals surface area contributed by atoms with Gasteiger partial charge >= 0.3 is 0 Å². The second kappa shape index (κ2) is 6.56. The standard InChI is InChI=1S/C15H24N2O4/c1-8-3-9(2)15(17-21)11(4-8)12(18)5-10-6-13(19)16-14(20)7-10/h8-12,18,21H,3-7H2,1-2H3,(H,16,19,20). The number of carbonyl (C=O) groups excluding carboxylic acids is 2. The average Bonchev–Trinajstić information content (AvgIpc) is 2.36. The largest absolute Gasteiger partial charge is 0.411 e. The van der Waals surface area contributed by atoms with Crippen molar-refractivity contribution in [3.8, 4) is 0 Å². The molecule has 1 saturated carbocycles. The van der Waals surface area contributed by atoms with Crippen LogP contribution in [0.2, 0.25) is 0 Å². The summed E-state index contributed by atoms with van der Waals surface area (Å²) < 4.78 is 0. The number of oxime groups is 1. The van der Waals surface area contributed by atoms with E-state index < -0.39 is 6.10 Å². The second-order valence-corrected chi connectivity index (χ2v) is 6.66. The molecule has 1 heterocycles. The second-order valence-electron chi connectivity index (χ2n) is 6.66. The molecule has 0 aromatic carbocycles. The lowest BCUT2D eigenvalue weighted by atomic mass is 9.71. The van der Waals surface area contributed by atoms with Crippen molar-refractivity contribution in [2.75, 3.05) is 0 Å². The molecule has 4 atom stereocenters.